The van der Waals surface area contributed by atoms with Crippen LogP contribution < -0.4 is 0 Å². The van der Waals surface area contributed by atoms with Crippen molar-refractivity contribution in [2.45, 2.75) is 24.0 Å². The van der Waals surface area contributed by atoms with Gasteiger partial charge in [0.15, 0.2) is 0 Å². The molecule has 3 rings (SSSR count). The van der Waals surface area contributed by atoms with Crippen molar-refractivity contribution in [1.82, 2.24) is 10.2 Å². The van der Waals surface area contributed by atoms with Gasteiger partial charge >= 0.3 is 0 Å². The summed E-state index contributed by atoms with van der Waals surface area (Å²) in [5.74, 6) is 0.880. The van der Waals surface area contributed by atoms with Crippen LogP contribution in [0.3, 0.4) is 0 Å². The second-order valence-corrected chi connectivity index (χ2v) is 6.74. The minimum atomic E-state index is -0.441. The van der Waals surface area contributed by atoms with Crippen molar-refractivity contribution in [2.24, 2.45) is 0 Å². The molecule has 0 amide bonds. The van der Waals surface area contributed by atoms with Gasteiger partial charge < -0.3 is 4.42 Å². The van der Waals surface area contributed by atoms with Crippen LogP contribution in [0.4, 0.5) is 5.69 Å². The smallest absolute Gasteiger partial charge is 0.269 e. The number of rotatable bonds is 5. The van der Waals surface area contributed by atoms with E-state index in [-0.39, 0.29) is 10.9 Å². The zero-order chi connectivity index (χ0) is 17.1. The van der Waals surface area contributed by atoms with Crippen molar-refractivity contribution in [3.05, 3.63) is 70.1 Å². The van der Waals surface area contributed by atoms with Crippen LogP contribution in [0.15, 0.2) is 57.8 Å². The van der Waals surface area contributed by atoms with E-state index in [1.165, 1.54) is 17.7 Å². The molecule has 122 valence electrons. The Labute approximate surface area is 143 Å². The fourth-order valence-electron chi connectivity index (χ4n) is 2.11. The Hall–Kier alpha value is -2.67. The molecule has 0 saturated carbocycles. The van der Waals surface area contributed by atoms with E-state index in [0.717, 1.165) is 4.90 Å². The highest BCUT2D eigenvalue weighted by atomic mass is 32.2. The Morgan fingerprint density at radius 3 is 2.38 bits per heavy atom. The molecular weight excluding hydrogens is 326 g/mol. The van der Waals surface area contributed by atoms with E-state index in [2.05, 4.69) is 34.5 Å². The maximum absolute atomic E-state index is 10.7. The van der Waals surface area contributed by atoms with Crippen molar-refractivity contribution < 1.29 is 9.34 Å². The van der Waals surface area contributed by atoms with E-state index in [0.29, 0.717) is 17.3 Å². The van der Waals surface area contributed by atoms with Gasteiger partial charge in [0.25, 0.3) is 5.69 Å². The van der Waals surface area contributed by atoms with Crippen LogP contribution in [0.25, 0.3) is 11.5 Å². The summed E-state index contributed by atoms with van der Waals surface area (Å²) >= 11 is 1.63. The minimum absolute atomic E-state index is 0.00649. The van der Waals surface area contributed by atoms with E-state index in [1.54, 1.807) is 23.9 Å². The molecular formula is C17H15N3O3S. The molecule has 2 aromatic carbocycles. The minimum Gasteiger partial charge on any atom is -0.419 e. The van der Waals surface area contributed by atoms with Crippen molar-refractivity contribution in [3.8, 4) is 11.5 Å². The van der Waals surface area contributed by atoms with Gasteiger partial charge in [-0.25, -0.2) is 0 Å². The van der Waals surface area contributed by atoms with Gasteiger partial charge in [-0.3, -0.25) is 10.1 Å². The van der Waals surface area contributed by atoms with Gasteiger partial charge in [-0.2, -0.15) is 0 Å². The second kappa shape index (κ2) is 6.84. The average molecular weight is 341 g/mol. The van der Waals surface area contributed by atoms with Crippen molar-refractivity contribution in [2.75, 3.05) is 0 Å². The first-order valence-corrected chi connectivity index (χ1v) is 8.22. The summed E-state index contributed by atoms with van der Waals surface area (Å²) in [4.78, 5) is 11.4. The number of non-ortho nitro benzene ring substituents is 1. The van der Waals surface area contributed by atoms with Crippen molar-refractivity contribution in [1.29, 1.82) is 0 Å². The third-order valence-electron chi connectivity index (χ3n) is 3.45. The quantitative estimate of drug-likeness (QED) is 0.376. The summed E-state index contributed by atoms with van der Waals surface area (Å²) in [6, 6.07) is 14.3. The SMILES string of the molecule is Cc1ccc(SC(C)c2nnc(-c3ccc([N+](=O)[O-])cc3)o2)cc1. The number of aryl methyl sites for hydroxylation is 1. The van der Waals surface area contributed by atoms with Crippen LogP contribution in [0.2, 0.25) is 0 Å². The Kier molecular flexibility index (Phi) is 4.61. The molecule has 7 heteroatoms. The number of thioether (sulfide) groups is 1. The zero-order valence-corrected chi connectivity index (χ0v) is 14.0. The molecule has 1 aromatic heterocycles. The molecule has 6 nitrogen and oxygen atoms in total. The highest BCUT2D eigenvalue weighted by molar-refractivity contribution is 7.99. The zero-order valence-electron chi connectivity index (χ0n) is 13.2. The highest BCUT2D eigenvalue weighted by Crippen LogP contribution is 2.35. The first-order valence-electron chi connectivity index (χ1n) is 7.34. The van der Waals surface area contributed by atoms with Gasteiger partial charge in [0.2, 0.25) is 11.8 Å². The number of nitrogens with zero attached hydrogens (tertiary/aromatic N) is 3. The van der Waals surface area contributed by atoms with Crippen LogP contribution in [0, 0.1) is 17.0 Å². The summed E-state index contributed by atoms with van der Waals surface area (Å²) < 4.78 is 5.71. The fourth-order valence-corrected chi connectivity index (χ4v) is 3.01. The molecule has 3 aromatic rings. The van der Waals surface area contributed by atoms with E-state index in [1.807, 2.05) is 13.8 Å². The molecule has 0 aliphatic heterocycles. The predicted molar refractivity (Wildman–Crippen MR) is 91.8 cm³/mol. The molecule has 0 radical (unpaired) electrons. The first kappa shape index (κ1) is 16.2. The Morgan fingerprint density at radius 1 is 1.08 bits per heavy atom. The summed E-state index contributed by atoms with van der Waals surface area (Å²) in [7, 11) is 0. The molecule has 0 aliphatic carbocycles. The molecule has 1 unspecified atom stereocenters. The summed E-state index contributed by atoms with van der Waals surface area (Å²) in [5, 5.41) is 18.8. The van der Waals surface area contributed by atoms with E-state index < -0.39 is 4.92 Å². The van der Waals surface area contributed by atoms with Crippen LogP contribution in [0.5, 0.6) is 0 Å². The average Bonchev–Trinajstić information content (AvgIpc) is 3.07. The van der Waals surface area contributed by atoms with Gasteiger partial charge in [0.05, 0.1) is 10.2 Å². The van der Waals surface area contributed by atoms with E-state index in [9.17, 15) is 10.1 Å². The molecule has 0 spiro atoms. The van der Waals surface area contributed by atoms with Crippen molar-refractivity contribution >= 4 is 17.4 Å². The highest BCUT2D eigenvalue weighted by Gasteiger charge is 2.17. The third-order valence-corrected chi connectivity index (χ3v) is 4.55. The molecule has 1 atom stereocenters. The normalized spacial score (nSPS) is 12.1. The fraction of sp³-hybridized carbons (Fsp3) is 0.176. The maximum Gasteiger partial charge on any atom is 0.269 e. The first-order chi connectivity index (χ1) is 11.5. The largest absolute Gasteiger partial charge is 0.419 e. The molecule has 0 bridgehead atoms. The second-order valence-electron chi connectivity index (χ2n) is 5.32. The Bertz CT molecular complexity index is 844. The molecule has 0 fully saturated rings. The lowest BCUT2D eigenvalue weighted by Gasteiger charge is -2.06. The van der Waals surface area contributed by atoms with Gasteiger partial charge in [-0.05, 0) is 38.1 Å². The molecule has 1 heterocycles. The van der Waals surface area contributed by atoms with Crippen LogP contribution in [0.1, 0.15) is 23.6 Å². The summed E-state index contributed by atoms with van der Waals surface area (Å²) in [6.45, 7) is 4.05. The monoisotopic (exact) mass is 341 g/mol. The molecule has 0 saturated heterocycles. The third kappa shape index (κ3) is 3.62. The van der Waals surface area contributed by atoms with E-state index >= 15 is 0 Å². The summed E-state index contributed by atoms with van der Waals surface area (Å²) in [5.41, 5.74) is 1.90. The number of nitro benzene ring substituents is 1. The van der Waals surface area contributed by atoms with Gasteiger partial charge in [-0.15, -0.1) is 22.0 Å². The number of aromatic nitrogens is 2. The van der Waals surface area contributed by atoms with Crippen molar-refractivity contribution in [3.63, 3.8) is 0 Å². The predicted octanol–water partition coefficient (Wildman–Crippen LogP) is 4.81. The molecule has 24 heavy (non-hydrogen) atoms. The molecule has 0 aliphatic rings. The van der Waals surface area contributed by atoms with Gasteiger partial charge in [-0.1, -0.05) is 17.7 Å². The number of hydrogen-bond acceptors (Lipinski definition) is 6. The number of benzene rings is 2. The Balaban J connectivity index is 1.74. The molecule has 0 N–H and O–H groups in total. The lowest BCUT2D eigenvalue weighted by atomic mass is 10.2. The van der Waals surface area contributed by atoms with Gasteiger partial charge in [0, 0.05) is 22.6 Å². The van der Waals surface area contributed by atoms with Crippen LogP contribution in [-0.2, 0) is 0 Å². The maximum atomic E-state index is 10.7. The number of hydrogen-bond donors (Lipinski definition) is 0. The standard InChI is InChI=1S/C17H15N3O3S/c1-11-3-9-15(10-4-11)24-12(2)16-18-19-17(23-16)13-5-7-14(8-6-13)20(21)22/h3-10,12H,1-2H3. The number of nitro groups is 1. The van der Waals surface area contributed by atoms with Gasteiger partial charge in [0.1, 0.15) is 0 Å². The van der Waals surface area contributed by atoms with Crippen LogP contribution >= 0.6 is 11.8 Å². The lowest BCUT2D eigenvalue weighted by Crippen LogP contribution is -1.88. The summed E-state index contributed by atoms with van der Waals surface area (Å²) in [6.07, 6.45) is 0. The Morgan fingerprint density at radius 2 is 1.75 bits per heavy atom. The van der Waals surface area contributed by atoms with E-state index in [4.69, 9.17) is 4.42 Å². The van der Waals surface area contributed by atoms with Crippen LogP contribution in [-0.4, -0.2) is 15.1 Å². The lowest BCUT2D eigenvalue weighted by molar-refractivity contribution is -0.384. The topological polar surface area (TPSA) is 82.1 Å².